The number of fused-ring (bicyclic) bond motifs is 1. The van der Waals surface area contributed by atoms with Gasteiger partial charge in [-0.25, -0.2) is 4.39 Å². The molecule has 7 heteroatoms. The molecule has 0 radical (unpaired) electrons. The maximum absolute atomic E-state index is 13.7. The summed E-state index contributed by atoms with van der Waals surface area (Å²) in [5.74, 6) is 0.764. The van der Waals surface area contributed by atoms with Crippen molar-refractivity contribution < 1.29 is 19.0 Å². The minimum atomic E-state index is -0.991. The number of halogens is 1. The average molecular weight is 428 g/mol. The molecule has 1 aliphatic carbocycles. The number of aromatic nitrogens is 1. The van der Waals surface area contributed by atoms with E-state index in [9.17, 15) is 14.3 Å². The highest BCUT2D eigenvalue weighted by atomic mass is 19.1. The molecular formula is C24H30FN3O3. The molecule has 166 valence electrons. The molecule has 3 atom stereocenters. The topological polar surface area (TPSA) is 74.7 Å². The van der Waals surface area contributed by atoms with Crippen LogP contribution in [0.1, 0.15) is 35.8 Å². The minimum Gasteiger partial charge on any atom is -0.495 e. The van der Waals surface area contributed by atoms with Crippen LogP contribution in [-0.2, 0) is 17.6 Å². The number of methoxy groups -OCH3 is 1. The summed E-state index contributed by atoms with van der Waals surface area (Å²) in [6.45, 7) is 1.33. The Hall–Kier alpha value is -2.51. The van der Waals surface area contributed by atoms with Crippen LogP contribution < -0.4 is 10.1 Å². The fraction of sp³-hybridized carbons (Fsp3) is 0.500. The first-order valence-corrected chi connectivity index (χ1v) is 10.9. The number of ether oxygens (including phenoxy) is 1. The normalized spacial score (nSPS) is 20.9. The molecule has 2 heterocycles. The SMILES string of the molecule is COc1ccc(C(O)C(CN2CCC(F)C2)NC(=O)CC2Cc3ccccc3C2)nc1. The monoisotopic (exact) mass is 427 g/mol. The lowest BCUT2D eigenvalue weighted by molar-refractivity contribution is -0.123. The Kier molecular flexibility index (Phi) is 6.83. The first kappa shape index (κ1) is 21.7. The fourth-order valence-corrected chi connectivity index (χ4v) is 4.67. The van der Waals surface area contributed by atoms with Crippen molar-refractivity contribution in [2.45, 2.75) is 44.0 Å². The Bertz CT molecular complexity index is 867. The average Bonchev–Trinajstić information content (AvgIpc) is 3.37. The number of benzene rings is 1. The highest BCUT2D eigenvalue weighted by Crippen LogP contribution is 2.29. The molecule has 0 saturated carbocycles. The van der Waals surface area contributed by atoms with Crippen molar-refractivity contribution in [2.24, 2.45) is 5.92 Å². The Morgan fingerprint density at radius 2 is 2.03 bits per heavy atom. The third-order valence-electron chi connectivity index (χ3n) is 6.30. The van der Waals surface area contributed by atoms with Crippen LogP contribution in [0, 0.1) is 5.92 Å². The number of nitrogens with zero attached hydrogens (tertiary/aromatic N) is 2. The van der Waals surface area contributed by atoms with E-state index in [2.05, 4.69) is 22.4 Å². The van der Waals surface area contributed by atoms with Gasteiger partial charge in [0.15, 0.2) is 0 Å². The molecule has 0 bridgehead atoms. The molecule has 2 N–H and O–H groups in total. The summed E-state index contributed by atoms with van der Waals surface area (Å²) in [6.07, 6.45) is 2.37. The van der Waals surface area contributed by atoms with Crippen molar-refractivity contribution >= 4 is 5.91 Å². The fourth-order valence-electron chi connectivity index (χ4n) is 4.67. The lowest BCUT2D eigenvalue weighted by atomic mass is 10.0. The van der Waals surface area contributed by atoms with Crippen molar-refractivity contribution in [1.82, 2.24) is 15.2 Å². The summed E-state index contributed by atoms with van der Waals surface area (Å²) >= 11 is 0. The van der Waals surface area contributed by atoms with Gasteiger partial charge in [-0.15, -0.1) is 0 Å². The van der Waals surface area contributed by atoms with Crippen LogP contribution in [0.2, 0.25) is 0 Å². The van der Waals surface area contributed by atoms with E-state index in [1.165, 1.54) is 11.1 Å². The van der Waals surface area contributed by atoms with Crippen molar-refractivity contribution in [1.29, 1.82) is 0 Å². The van der Waals surface area contributed by atoms with Crippen LogP contribution in [0.3, 0.4) is 0 Å². The van der Waals surface area contributed by atoms with Gasteiger partial charge in [0.1, 0.15) is 18.0 Å². The number of likely N-dealkylation sites (tertiary alicyclic amines) is 1. The van der Waals surface area contributed by atoms with E-state index in [0.29, 0.717) is 43.9 Å². The quantitative estimate of drug-likeness (QED) is 0.677. The summed E-state index contributed by atoms with van der Waals surface area (Å²) in [7, 11) is 1.55. The van der Waals surface area contributed by atoms with Gasteiger partial charge in [0, 0.05) is 26.1 Å². The summed E-state index contributed by atoms with van der Waals surface area (Å²) < 4.78 is 18.8. The van der Waals surface area contributed by atoms with Gasteiger partial charge < -0.3 is 15.2 Å². The van der Waals surface area contributed by atoms with Crippen LogP contribution in [0.4, 0.5) is 4.39 Å². The van der Waals surface area contributed by atoms with Gasteiger partial charge in [0.05, 0.1) is 25.0 Å². The van der Waals surface area contributed by atoms with Crippen molar-refractivity contribution in [3.05, 3.63) is 59.4 Å². The maximum atomic E-state index is 13.7. The number of hydrogen-bond acceptors (Lipinski definition) is 5. The van der Waals surface area contributed by atoms with Gasteiger partial charge in [-0.3, -0.25) is 14.7 Å². The van der Waals surface area contributed by atoms with Gasteiger partial charge in [0.2, 0.25) is 5.91 Å². The molecule has 4 rings (SSSR count). The highest BCUT2D eigenvalue weighted by Gasteiger charge is 2.31. The number of carbonyl (C=O) groups excluding carboxylic acids is 1. The predicted octanol–water partition coefficient (Wildman–Crippen LogP) is 2.46. The second-order valence-corrected chi connectivity index (χ2v) is 8.63. The molecular weight excluding hydrogens is 397 g/mol. The molecule has 0 spiro atoms. The summed E-state index contributed by atoms with van der Waals surface area (Å²) in [4.78, 5) is 19.1. The number of alkyl halides is 1. The molecule has 2 aromatic rings. The first-order chi connectivity index (χ1) is 15.0. The second-order valence-electron chi connectivity index (χ2n) is 8.63. The van der Waals surface area contributed by atoms with E-state index in [1.54, 1.807) is 25.4 Å². The number of hydrogen-bond donors (Lipinski definition) is 2. The third kappa shape index (κ3) is 5.40. The lowest BCUT2D eigenvalue weighted by Crippen LogP contribution is -2.47. The van der Waals surface area contributed by atoms with E-state index in [4.69, 9.17) is 4.74 Å². The number of pyridine rings is 1. The molecule has 6 nitrogen and oxygen atoms in total. The van der Waals surface area contributed by atoms with Gasteiger partial charge in [-0.2, -0.15) is 0 Å². The van der Waals surface area contributed by atoms with Crippen LogP contribution in [-0.4, -0.2) is 59.9 Å². The van der Waals surface area contributed by atoms with E-state index < -0.39 is 18.3 Å². The Labute approximate surface area is 182 Å². The van der Waals surface area contributed by atoms with Gasteiger partial charge >= 0.3 is 0 Å². The smallest absolute Gasteiger partial charge is 0.220 e. The number of amides is 1. The summed E-state index contributed by atoms with van der Waals surface area (Å²) in [6, 6.07) is 11.2. The maximum Gasteiger partial charge on any atom is 0.220 e. The molecule has 1 fully saturated rings. The van der Waals surface area contributed by atoms with Gasteiger partial charge in [0.25, 0.3) is 0 Å². The third-order valence-corrected chi connectivity index (χ3v) is 6.30. The molecule has 1 aromatic heterocycles. The molecule has 1 aliphatic heterocycles. The lowest BCUT2D eigenvalue weighted by Gasteiger charge is -2.28. The zero-order valence-corrected chi connectivity index (χ0v) is 17.8. The molecule has 1 aromatic carbocycles. The van der Waals surface area contributed by atoms with E-state index in [1.807, 2.05) is 17.0 Å². The zero-order valence-electron chi connectivity index (χ0n) is 17.8. The molecule has 1 amide bonds. The van der Waals surface area contributed by atoms with Crippen LogP contribution in [0.15, 0.2) is 42.6 Å². The highest BCUT2D eigenvalue weighted by molar-refractivity contribution is 5.77. The van der Waals surface area contributed by atoms with E-state index in [0.717, 1.165) is 12.8 Å². The van der Waals surface area contributed by atoms with Gasteiger partial charge in [-0.05, 0) is 48.4 Å². The number of aliphatic hydroxyl groups excluding tert-OH is 1. The first-order valence-electron chi connectivity index (χ1n) is 10.9. The number of aliphatic hydroxyl groups is 1. The number of carbonyl (C=O) groups is 1. The van der Waals surface area contributed by atoms with Gasteiger partial charge in [-0.1, -0.05) is 24.3 Å². The molecule has 31 heavy (non-hydrogen) atoms. The Morgan fingerprint density at radius 3 is 2.61 bits per heavy atom. The van der Waals surface area contributed by atoms with Crippen molar-refractivity contribution in [2.75, 3.05) is 26.7 Å². The predicted molar refractivity (Wildman–Crippen MR) is 116 cm³/mol. The Morgan fingerprint density at radius 1 is 1.29 bits per heavy atom. The summed E-state index contributed by atoms with van der Waals surface area (Å²) in [5.41, 5.74) is 3.08. The molecule has 1 saturated heterocycles. The number of nitrogens with one attached hydrogen (secondary N) is 1. The van der Waals surface area contributed by atoms with E-state index >= 15 is 0 Å². The van der Waals surface area contributed by atoms with Crippen LogP contribution in [0.5, 0.6) is 5.75 Å². The minimum absolute atomic E-state index is 0.0913. The summed E-state index contributed by atoms with van der Waals surface area (Å²) in [5, 5.41) is 14.0. The largest absolute Gasteiger partial charge is 0.495 e. The Balaban J connectivity index is 1.41. The molecule has 2 aliphatic rings. The standard InChI is InChI=1S/C24H30FN3O3/c1-31-20-6-7-21(26-13-20)24(30)22(15-28-9-8-19(25)14-28)27-23(29)12-16-10-17-4-2-3-5-18(17)11-16/h2-7,13,16,19,22,24,30H,8-12,14-15H2,1H3,(H,27,29). The van der Waals surface area contributed by atoms with Crippen LogP contribution in [0.25, 0.3) is 0 Å². The van der Waals surface area contributed by atoms with Crippen molar-refractivity contribution in [3.63, 3.8) is 0 Å². The zero-order chi connectivity index (χ0) is 21.8. The second kappa shape index (κ2) is 9.75. The van der Waals surface area contributed by atoms with Crippen molar-refractivity contribution in [3.8, 4) is 5.75 Å². The van der Waals surface area contributed by atoms with Crippen LogP contribution >= 0.6 is 0 Å². The van der Waals surface area contributed by atoms with E-state index in [-0.39, 0.29) is 11.8 Å². The number of rotatable bonds is 8. The molecule has 3 unspecified atom stereocenters.